The van der Waals surface area contributed by atoms with Crippen LogP contribution in [0.5, 0.6) is 5.75 Å². The summed E-state index contributed by atoms with van der Waals surface area (Å²) in [5.41, 5.74) is 0. The Bertz CT molecular complexity index is 291. The standard InChI is InChI=1S/C12H17FOS/c1-2-5-10(9-15)8-14-12-7-4-3-6-11(12)13/h3-4,6-7,10,15H,2,5,8-9H2,1H3. The first kappa shape index (κ1) is 12.4. The maximum atomic E-state index is 13.2. The molecule has 0 aromatic heterocycles. The van der Waals surface area contributed by atoms with E-state index in [-0.39, 0.29) is 5.82 Å². The second kappa shape index (κ2) is 6.72. The maximum absolute atomic E-state index is 13.2. The van der Waals surface area contributed by atoms with Crippen molar-refractivity contribution in [1.82, 2.24) is 0 Å². The average Bonchev–Trinajstić information content (AvgIpc) is 2.26. The highest BCUT2D eigenvalue weighted by Gasteiger charge is 2.08. The van der Waals surface area contributed by atoms with Crippen LogP contribution in [0.1, 0.15) is 19.8 Å². The van der Waals surface area contributed by atoms with E-state index in [0.717, 1.165) is 18.6 Å². The van der Waals surface area contributed by atoms with Gasteiger partial charge < -0.3 is 4.74 Å². The van der Waals surface area contributed by atoms with Crippen LogP contribution in [0.3, 0.4) is 0 Å². The molecule has 0 saturated carbocycles. The Morgan fingerprint density at radius 1 is 1.40 bits per heavy atom. The van der Waals surface area contributed by atoms with Crippen LogP contribution in [0, 0.1) is 11.7 Å². The molecule has 1 rings (SSSR count). The summed E-state index contributed by atoms with van der Waals surface area (Å²) in [4.78, 5) is 0. The number of halogens is 1. The van der Waals surface area contributed by atoms with Crippen LogP contribution in [0.4, 0.5) is 4.39 Å². The molecule has 0 amide bonds. The smallest absolute Gasteiger partial charge is 0.165 e. The normalized spacial score (nSPS) is 12.5. The van der Waals surface area contributed by atoms with Gasteiger partial charge >= 0.3 is 0 Å². The highest BCUT2D eigenvalue weighted by atomic mass is 32.1. The molecular formula is C12H17FOS. The molecule has 0 radical (unpaired) electrons. The van der Waals surface area contributed by atoms with Gasteiger partial charge in [-0.05, 0) is 24.3 Å². The summed E-state index contributed by atoms with van der Waals surface area (Å²) in [5.74, 6) is 1.22. The number of hydrogen-bond donors (Lipinski definition) is 1. The molecule has 1 unspecified atom stereocenters. The van der Waals surface area contributed by atoms with Crippen molar-refractivity contribution in [1.29, 1.82) is 0 Å². The zero-order valence-electron chi connectivity index (χ0n) is 8.95. The maximum Gasteiger partial charge on any atom is 0.165 e. The van der Waals surface area contributed by atoms with Crippen LogP contribution >= 0.6 is 12.6 Å². The van der Waals surface area contributed by atoms with Crippen LogP contribution in [0.15, 0.2) is 24.3 Å². The molecule has 0 aliphatic heterocycles. The minimum Gasteiger partial charge on any atom is -0.490 e. The van der Waals surface area contributed by atoms with Crippen LogP contribution in [-0.2, 0) is 0 Å². The van der Waals surface area contributed by atoms with E-state index >= 15 is 0 Å². The Labute approximate surface area is 96.1 Å². The highest BCUT2D eigenvalue weighted by molar-refractivity contribution is 7.80. The van der Waals surface area contributed by atoms with Gasteiger partial charge in [0.1, 0.15) is 0 Å². The van der Waals surface area contributed by atoms with E-state index in [9.17, 15) is 4.39 Å². The Morgan fingerprint density at radius 2 is 2.13 bits per heavy atom. The van der Waals surface area contributed by atoms with Gasteiger partial charge in [0, 0.05) is 5.92 Å². The molecule has 0 aliphatic rings. The first-order valence-corrected chi connectivity index (χ1v) is 5.89. The summed E-state index contributed by atoms with van der Waals surface area (Å²) in [6.07, 6.45) is 2.17. The monoisotopic (exact) mass is 228 g/mol. The molecule has 3 heteroatoms. The number of benzene rings is 1. The van der Waals surface area contributed by atoms with Gasteiger partial charge in [0.2, 0.25) is 0 Å². The van der Waals surface area contributed by atoms with E-state index in [4.69, 9.17) is 4.74 Å². The van der Waals surface area contributed by atoms with Crippen molar-refractivity contribution in [2.45, 2.75) is 19.8 Å². The topological polar surface area (TPSA) is 9.23 Å². The lowest BCUT2D eigenvalue weighted by molar-refractivity contribution is 0.244. The predicted octanol–water partition coefficient (Wildman–Crippen LogP) is 3.55. The lowest BCUT2D eigenvalue weighted by Crippen LogP contribution is -2.14. The zero-order valence-corrected chi connectivity index (χ0v) is 9.84. The van der Waals surface area contributed by atoms with Crippen LogP contribution in [0.25, 0.3) is 0 Å². The molecule has 0 aliphatic carbocycles. The fraction of sp³-hybridized carbons (Fsp3) is 0.500. The largest absolute Gasteiger partial charge is 0.490 e. The van der Waals surface area contributed by atoms with Gasteiger partial charge in [0.05, 0.1) is 6.61 Å². The molecule has 0 heterocycles. The lowest BCUT2D eigenvalue weighted by Gasteiger charge is -2.14. The van der Waals surface area contributed by atoms with Crippen molar-refractivity contribution in [3.05, 3.63) is 30.1 Å². The minimum atomic E-state index is -0.299. The molecule has 1 aromatic rings. The molecule has 1 nitrogen and oxygen atoms in total. The molecule has 0 bridgehead atoms. The molecule has 0 spiro atoms. The van der Waals surface area contributed by atoms with Gasteiger partial charge in [-0.15, -0.1) is 0 Å². The van der Waals surface area contributed by atoms with Gasteiger partial charge in [-0.3, -0.25) is 0 Å². The average molecular weight is 228 g/mol. The Morgan fingerprint density at radius 3 is 2.73 bits per heavy atom. The third-order valence-electron chi connectivity index (χ3n) is 2.27. The molecule has 0 saturated heterocycles. The second-order valence-electron chi connectivity index (χ2n) is 3.58. The fourth-order valence-corrected chi connectivity index (χ4v) is 1.69. The summed E-state index contributed by atoms with van der Waals surface area (Å²) < 4.78 is 18.6. The number of rotatable bonds is 6. The number of hydrogen-bond acceptors (Lipinski definition) is 2. The fourth-order valence-electron chi connectivity index (χ4n) is 1.40. The number of ether oxygens (including phenoxy) is 1. The molecule has 1 aromatic carbocycles. The third kappa shape index (κ3) is 4.12. The van der Waals surface area contributed by atoms with Gasteiger partial charge in [-0.2, -0.15) is 12.6 Å². The molecular weight excluding hydrogens is 211 g/mol. The predicted molar refractivity (Wildman–Crippen MR) is 64.1 cm³/mol. The van der Waals surface area contributed by atoms with Crippen molar-refractivity contribution in [3.63, 3.8) is 0 Å². The first-order valence-electron chi connectivity index (χ1n) is 5.26. The number of para-hydroxylation sites is 1. The third-order valence-corrected chi connectivity index (χ3v) is 2.78. The van der Waals surface area contributed by atoms with Crippen LogP contribution in [-0.4, -0.2) is 12.4 Å². The van der Waals surface area contributed by atoms with Crippen molar-refractivity contribution in [3.8, 4) is 5.75 Å². The van der Waals surface area contributed by atoms with Crippen molar-refractivity contribution in [2.24, 2.45) is 5.92 Å². The molecule has 1 atom stereocenters. The van der Waals surface area contributed by atoms with Gasteiger partial charge in [-0.1, -0.05) is 25.5 Å². The summed E-state index contributed by atoms with van der Waals surface area (Å²) in [7, 11) is 0. The number of thiol groups is 1. The zero-order chi connectivity index (χ0) is 11.1. The van der Waals surface area contributed by atoms with Crippen molar-refractivity contribution >= 4 is 12.6 Å². The quantitative estimate of drug-likeness (QED) is 0.733. The highest BCUT2D eigenvalue weighted by Crippen LogP contribution is 2.17. The molecule has 0 fully saturated rings. The minimum absolute atomic E-state index is 0.299. The molecule has 0 N–H and O–H groups in total. The van der Waals surface area contributed by atoms with E-state index in [1.807, 2.05) is 0 Å². The van der Waals surface area contributed by atoms with E-state index in [1.165, 1.54) is 6.07 Å². The summed E-state index contributed by atoms with van der Waals surface area (Å²) in [5, 5.41) is 0. The molecule has 15 heavy (non-hydrogen) atoms. The van der Waals surface area contributed by atoms with E-state index in [0.29, 0.717) is 18.3 Å². The van der Waals surface area contributed by atoms with E-state index in [1.54, 1.807) is 18.2 Å². The Kier molecular flexibility index (Phi) is 5.54. The van der Waals surface area contributed by atoms with E-state index < -0.39 is 0 Å². The van der Waals surface area contributed by atoms with Gasteiger partial charge in [-0.25, -0.2) is 4.39 Å². The van der Waals surface area contributed by atoms with Gasteiger partial charge in [0.25, 0.3) is 0 Å². The lowest BCUT2D eigenvalue weighted by atomic mass is 10.1. The molecule has 84 valence electrons. The second-order valence-corrected chi connectivity index (χ2v) is 3.94. The SMILES string of the molecule is CCCC(CS)COc1ccccc1F. The van der Waals surface area contributed by atoms with Crippen molar-refractivity contribution in [2.75, 3.05) is 12.4 Å². The Balaban J connectivity index is 2.45. The first-order chi connectivity index (χ1) is 7.27. The van der Waals surface area contributed by atoms with E-state index in [2.05, 4.69) is 19.6 Å². The Hall–Kier alpha value is -0.700. The van der Waals surface area contributed by atoms with Crippen LogP contribution < -0.4 is 4.74 Å². The summed E-state index contributed by atoms with van der Waals surface area (Å²) >= 11 is 4.25. The van der Waals surface area contributed by atoms with Crippen molar-refractivity contribution < 1.29 is 9.13 Å². The summed E-state index contributed by atoms with van der Waals surface area (Å²) in [6, 6.07) is 6.49. The summed E-state index contributed by atoms with van der Waals surface area (Å²) in [6.45, 7) is 2.66. The van der Waals surface area contributed by atoms with Crippen LogP contribution in [0.2, 0.25) is 0 Å². The van der Waals surface area contributed by atoms with Gasteiger partial charge in [0.15, 0.2) is 11.6 Å².